The number of hydrogen-bond donors (Lipinski definition) is 1. The third kappa shape index (κ3) is 4.67. The Labute approximate surface area is 176 Å². The van der Waals surface area contributed by atoms with Crippen LogP contribution in [0, 0.1) is 0 Å². The summed E-state index contributed by atoms with van der Waals surface area (Å²) < 4.78 is 70.8. The normalized spacial score (nSPS) is 14.5. The molecular weight excluding hydrogens is 431 g/mol. The molecule has 3 rings (SSSR count). The molecule has 0 unspecified atom stereocenters. The van der Waals surface area contributed by atoms with Crippen molar-refractivity contribution in [2.45, 2.75) is 25.1 Å². The first-order chi connectivity index (χ1) is 13.5. The largest absolute Gasteiger partial charge is 0.496 e. The van der Waals surface area contributed by atoms with Gasteiger partial charge in [0, 0.05) is 24.3 Å². The molecule has 30 heavy (non-hydrogen) atoms. The van der Waals surface area contributed by atoms with Gasteiger partial charge in [-0.15, -0.1) is 12.4 Å². The van der Waals surface area contributed by atoms with Crippen LogP contribution in [0.2, 0.25) is 0 Å². The van der Waals surface area contributed by atoms with Crippen molar-refractivity contribution >= 4 is 24.0 Å². The van der Waals surface area contributed by atoms with Crippen molar-refractivity contribution in [2.24, 2.45) is 0 Å². The minimum absolute atomic E-state index is 0. The number of carbonyl (C=O) groups is 1. The van der Waals surface area contributed by atoms with Crippen molar-refractivity contribution < 1.29 is 31.5 Å². The lowest BCUT2D eigenvalue weighted by molar-refractivity contribution is -0.289. The molecule has 2 aromatic carbocycles. The fraction of sp³-hybridized carbons (Fsp3) is 0.350. The van der Waals surface area contributed by atoms with Gasteiger partial charge in [0.1, 0.15) is 5.75 Å². The molecule has 164 valence electrons. The van der Waals surface area contributed by atoms with Gasteiger partial charge in [0.25, 0.3) is 5.91 Å². The van der Waals surface area contributed by atoms with E-state index in [1.807, 2.05) is 13.1 Å². The Morgan fingerprint density at radius 1 is 1.07 bits per heavy atom. The molecule has 1 amide bonds. The summed E-state index contributed by atoms with van der Waals surface area (Å²) in [6.07, 6.45) is -4.95. The first kappa shape index (κ1) is 23.9. The molecule has 0 radical (unpaired) electrons. The second kappa shape index (κ2) is 8.77. The van der Waals surface area contributed by atoms with Crippen LogP contribution in [0.1, 0.15) is 27.0 Å². The first-order valence-electron chi connectivity index (χ1n) is 8.77. The Hall–Kier alpha value is -2.39. The molecule has 1 aliphatic rings. The number of ether oxygens (including phenoxy) is 1. The zero-order valence-corrected chi connectivity index (χ0v) is 17.0. The van der Waals surface area contributed by atoms with Crippen LogP contribution in [0.5, 0.6) is 5.75 Å². The highest BCUT2D eigenvalue weighted by Crippen LogP contribution is 2.47. The number of alkyl halides is 5. The fourth-order valence-electron chi connectivity index (χ4n) is 3.23. The van der Waals surface area contributed by atoms with E-state index in [1.54, 1.807) is 12.1 Å². The van der Waals surface area contributed by atoms with E-state index in [0.717, 1.165) is 43.3 Å². The minimum Gasteiger partial charge on any atom is -0.496 e. The maximum Gasteiger partial charge on any atom is 0.458 e. The molecule has 10 heteroatoms. The quantitative estimate of drug-likeness (QED) is 0.666. The van der Waals surface area contributed by atoms with Crippen molar-refractivity contribution in [3.63, 3.8) is 0 Å². The standard InChI is InChI=1S/C20H19F5N2O2.ClH/c1-27-8-7-12-3-5-15(9-14(12)11-27)26-18(28)13-4-6-17(29-2)16(10-13)19(21,22)20(23,24)25;/h3-6,9-10H,7-8,11H2,1-2H3,(H,26,28);1H. The van der Waals surface area contributed by atoms with E-state index in [9.17, 15) is 26.7 Å². The highest BCUT2D eigenvalue weighted by Gasteiger charge is 2.60. The summed E-state index contributed by atoms with van der Waals surface area (Å²) in [5.74, 6) is -6.61. The van der Waals surface area contributed by atoms with E-state index in [2.05, 4.69) is 15.0 Å². The fourth-order valence-corrected chi connectivity index (χ4v) is 3.23. The molecule has 1 aliphatic heterocycles. The van der Waals surface area contributed by atoms with E-state index < -0.39 is 29.3 Å². The Morgan fingerprint density at radius 3 is 2.40 bits per heavy atom. The molecule has 0 atom stereocenters. The van der Waals surface area contributed by atoms with Crippen LogP contribution in [0.15, 0.2) is 36.4 Å². The molecule has 0 saturated carbocycles. The summed E-state index contributed by atoms with van der Waals surface area (Å²) in [5.41, 5.74) is 0.865. The van der Waals surface area contributed by atoms with Crippen LogP contribution < -0.4 is 10.1 Å². The number of nitrogens with one attached hydrogen (secondary N) is 1. The third-order valence-corrected chi connectivity index (χ3v) is 4.82. The Bertz CT molecular complexity index is 934. The van der Waals surface area contributed by atoms with Gasteiger partial charge >= 0.3 is 12.1 Å². The molecule has 0 bridgehead atoms. The van der Waals surface area contributed by atoms with Gasteiger partial charge in [0.05, 0.1) is 12.7 Å². The molecule has 2 aromatic rings. The van der Waals surface area contributed by atoms with Gasteiger partial charge in [-0.05, 0) is 54.9 Å². The Kier molecular flexibility index (Phi) is 6.98. The number of halogens is 6. The first-order valence-corrected chi connectivity index (χ1v) is 8.77. The van der Waals surface area contributed by atoms with Crippen molar-refractivity contribution in [1.82, 2.24) is 4.90 Å². The molecular formula is C20H20ClF5N2O2. The second-order valence-electron chi connectivity index (χ2n) is 6.91. The maximum atomic E-state index is 13.9. The van der Waals surface area contributed by atoms with Gasteiger partial charge < -0.3 is 15.0 Å². The lowest BCUT2D eigenvalue weighted by atomic mass is 9.99. The predicted molar refractivity (Wildman–Crippen MR) is 105 cm³/mol. The van der Waals surface area contributed by atoms with Gasteiger partial charge in [-0.3, -0.25) is 4.79 Å². The van der Waals surface area contributed by atoms with Gasteiger partial charge in [-0.1, -0.05) is 6.07 Å². The van der Waals surface area contributed by atoms with Crippen molar-refractivity contribution in [1.29, 1.82) is 0 Å². The van der Waals surface area contributed by atoms with E-state index in [0.29, 0.717) is 18.3 Å². The zero-order chi connectivity index (χ0) is 21.4. The average molecular weight is 451 g/mol. The van der Waals surface area contributed by atoms with E-state index >= 15 is 0 Å². The number of methoxy groups -OCH3 is 1. The van der Waals surface area contributed by atoms with Gasteiger partial charge in [-0.25, -0.2) is 0 Å². The summed E-state index contributed by atoms with van der Waals surface area (Å²) in [6, 6.07) is 7.89. The lowest BCUT2D eigenvalue weighted by Crippen LogP contribution is -2.34. The Balaban J connectivity index is 0.00000320. The van der Waals surface area contributed by atoms with Crippen LogP contribution in [0.4, 0.5) is 27.6 Å². The predicted octanol–water partition coefficient (Wildman–Crippen LogP) is 5.01. The monoisotopic (exact) mass is 450 g/mol. The van der Waals surface area contributed by atoms with Crippen LogP contribution in [0.3, 0.4) is 0 Å². The molecule has 0 aliphatic carbocycles. The van der Waals surface area contributed by atoms with Crippen molar-refractivity contribution in [2.75, 3.05) is 26.0 Å². The number of hydrogen-bond acceptors (Lipinski definition) is 3. The summed E-state index contributed by atoms with van der Waals surface area (Å²) in [6.45, 7) is 1.62. The van der Waals surface area contributed by atoms with E-state index in [4.69, 9.17) is 0 Å². The van der Waals surface area contributed by atoms with Crippen molar-refractivity contribution in [3.8, 4) is 5.75 Å². The maximum absolute atomic E-state index is 13.9. The highest BCUT2D eigenvalue weighted by molar-refractivity contribution is 6.04. The average Bonchev–Trinajstić information content (AvgIpc) is 2.66. The van der Waals surface area contributed by atoms with E-state index in [-0.39, 0.29) is 18.0 Å². The molecule has 4 nitrogen and oxygen atoms in total. The zero-order valence-electron chi connectivity index (χ0n) is 16.1. The van der Waals surface area contributed by atoms with Crippen LogP contribution in [-0.2, 0) is 18.9 Å². The molecule has 0 saturated heterocycles. The number of anilines is 1. The smallest absolute Gasteiger partial charge is 0.458 e. The molecule has 1 heterocycles. The SMILES string of the molecule is COc1ccc(C(=O)Nc2ccc3c(c2)CN(C)CC3)cc1C(F)(F)C(F)(F)F.Cl. The van der Waals surface area contributed by atoms with Crippen LogP contribution in [0.25, 0.3) is 0 Å². The summed E-state index contributed by atoms with van der Waals surface area (Å²) in [7, 11) is 2.95. The second-order valence-corrected chi connectivity index (χ2v) is 6.91. The summed E-state index contributed by atoms with van der Waals surface area (Å²) >= 11 is 0. The summed E-state index contributed by atoms with van der Waals surface area (Å²) in [4.78, 5) is 14.6. The number of fused-ring (bicyclic) bond motifs is 1. The number of likely N-dealkylation sites (N-methyl/N-ethyl adjacent to an activating group) is 1. The van der Waals surface area contributed by atoms with Gasteiger partial charge in [0.15, 0.2) is 0 Å². The summed E-state index contributed by atoms with van der Waals surface area (Å²) in [5, 5.41) is 2.55. The van der Waals surface area contributed by atoms with Crippen molar-refractivity contribution in [3.05, 3.63) is 58.7 Å². The molecule has 1 N–H and O–H groups in total. The lowest BCUT2D eigenvalue weighted by Gasteiger charge is -2.25. The minimum atomic E-state index is -5.82. The number of nitrogens with zero attached hydrogens (tertiary/aromatic N) is 1. The number of amides is 1. The van der Waals surface area contributed by atoms with Crippen LogP contribution >= 0.6 is 12.4 Å². The topological polar surface area (TPSA) is 41.6 Å². The van der Waals surface area contributed by atoms with Gasteiger partial charge in [-0.2, -0.15) is 22.0 Å². The number of benzene rings is 2. The Morgan fingerprint density at radius 2 is 1.77 bits per heavy atom. The van der Waals surface area contributed by atoms with Crippen LogP contribution in [-0.4, -0.2) is 37.7 Å². The van der Waals surface area contributed by atoms with Gasteiger partial charge in [0.2, 0.25) is 0 Å². The highest BCUT2D eigenvalue weighted by atomic mass is 35.5. The number of rotatable bonds is 4. The van der Waals surface area contributed by atoms with E-state index in [1.165, 1.54) is 0 Å². The third-order valence-electron chi connectivity index (χ3n) is 4.82. The molecule has 0 fully saturated rings. The number of carbonyl (C=O) groups excluding carboxylic acids is 1. The molecule has 0 spiro atoms. The molecule has 0 aromatic heterocycles.